The van der Waals surface area contributed by atoms with Crippen molar-refractivity contribution in [2.75, 3.05) is 6.61 Å². The lowest BCUT2D eigenvalue weighted by molar-refractivity contribution is -0.131. The van der Waals surface area contributed by atoms with Gasteiger partial charge in [-0.2, -0.15) is 0 Å². The van der Waals surface area contributed by atoms with Gasteiger partial charge in [-0.1, -0.05) is 271 Å². The van der Waals surface area contributed by atoms with Crippen LogP contribution in [0.15, 0.2) is 0 Å². The van der Waals surface area contributed by atoms with Gasteiger partial charge in [-0.3, -0.25) is 4.79 Å². The Bertz CT molecular complexity index is 718. The average molecular weight is 766 g/mol. The molecule has 0 spiro atoms. The van der Waals surface area contributed by atoms with E-state index < -0.39 is 24.2 Å². The topological polar surface area (TPSA) is 89.8 Å². The van der Waals surface area contributed by atoms with Crippen molar-refractivity contribution in [2.24, 2.45) is 0 Å². The Hall–Kier alpha value is -0.650. The minimum atomic E-state index is -1.07. The Kier molecular flexibility index (Phi) is 44.5. The number of rotatable bonds is 46. The number of nitrogens with one attached hydrogen (secondary N) is 1. The number of hydrogen-bond donors (Lipinski definition) is 4. The molecule has 54 heavy (non-hydrogen) atoms. The van der Waals surface area contributed by atoms with Crippen LogP contribution in [0, 0.1) is 0 Å². The van der Waals surface area contributed by atoms with Gasteiger partial charge in [0.2, 0.25) is 5.91 Å². The van der Waals surface area contributed by atoms with Crippen molar-refractivity contribution in [1.82, 2.24) is 5.32 Å². The monoisotopic (exact) mass is 766 g/mol. The number of aliphatic hydroxyl groups excluding tert-OH is 3. The summed E-state index contributed by atoms with van der Waals surface area (Å²) in [7, 11) is 0. The van der Waals surface area contributed by atoms with E-state index in [0.29, 0.717) is 12.8 Å². The summed E-state index contributed by atoms with van der Waals surface area (Å²) in [6.07, 6.45) is 53.0. The minimum Gasteiger partial charge on any atom is -0.394 e. The van der Waals surface area contributed by atoms with Gasteiger partial charge >= 0.3 is 0 Å². The Morgan fingerprint density at radius 2 is 0.593 bits per heavy atom. The van der Waals surface area contributed by atoms with Crippen LogP contribution in [0.1, 0.15) is 284 Å². The number of hydrogen-bond acceptors (Lipinski definition) is 4. The van der Waals surface area contributed by atoms with E-state index >= 15 is 0 Å². The van der Waals surface area contributed by atoms with Gasteiger partial charge in [0, 0.05) is 0 Å². The molecule has 3 atom stereocenters. The van der Waals surface area contributed by atoms with Crippen LogP contribution in [-0.2, 0) is 4.79 Å². The van der Waals surface area contributed by atoms with Crippen LogP contribution in [0.5, 0.6) is 0 Å². The van der Waals surface area contributed by atoms with Crippen molar-refractivity contribution in [3.8, 4) is 0 Å². The van der Waals surface area contributed by atoms with Gasteiger partial charge in [-0.05, 0) is 12.8 Å². The van der Waals surface area contributed by atoms with E-state index in [1.807, 2.05) is 0 Å². The zero-order valence-corrected chi connectivity index (χ0v) is 36.9. The second-order valence-electron chi connectivity index (χ2n) is 17.4. The number of unbranched alkanes of at least 4 members (excludes halogenated alkanes) is 38. The molecule has 0 aromatic carbocycles. The van der Waals surface area contributed by atoms with Crippen molar-refractivity contribution in [3.05, 3.63) is 0 Å². The molecule has 0 aliphatic rings. The van der Waals surface area contributed by atoms with Gasteiger partial charge in [0.1, 0.15) is 6.10 Å². The van der Waals surface area contributed by atoms with Gasteiger partial charge in [0.25, 0.3) is 0 Å². The molecule has 324 valence electrons. The largest absolute Gasteiger partial charge is 0.394 e. The van der Waals surface area contributed by atoms with Crippen LogP contribution in [0.4, 0.5) is 0 Å². The van der Waals surface area contributed by atoms with Crippen LogP contribution >= 0.6 is 0 Å². The van der Waals surface area contributed by atoms with Crippen molar-refractivity contribution in [1.29, 1.82) is 0 Å². The molecule has 5 nitrogen and oxygen atoms in total. The third kappa shape index (κ3) is 39.6. The molecule has 0 aromatic heterocycles. The molecule has 0 aliphatic carbocycles. The second-order valence-corrected chi connectivity index (χ2v) is 17.4. The molecule has 0 aliphatic heterocycles. The van der Waals surface area contributed by atoms with Crippen molar-refractivity contribution in [2.45, 2.75) is 302 Å². The molecule has 0 fully saturated rings. The maximum absolute atomic E-state index is 12.5. The normalized spacial score (nSPS) is 13.4. The Labute approximate surface area is 338 Å². The molecule has 3 unspecified atom stereocenters. The summed E-state index contributed by atoms with van der Waals surface area (Å²) in [6, 6.07) is -0.704. The zero-order valence-electron chi connectivity index (χ0n) is 36.9. The number of carbonyl (C=O) groups is 1. The van der Waals surface area contributed by atoms with E-state index in [-0.39, 0.29) is 6.61 Å². The molecule has 1 amide bonds. The van der Waals surface area contributed by atoms with E-state index in [1.165, 1.54) is 225 Å². The first-order chi connectivity index (χ1) is 26.6. The summed E-state index contributed by atoms with van der Waals surface area (Å²) in [5, 5.41) is 33.2. The second kappa shape index (κ2) is 45.1. The first-order valence-corrected chi connectivity index (χ1v) is 24.8. The molecule has 0 aromatic rings. The van der Waals surface area contributed by atoms with Crippen LogP contribution in [-0.4, -0.2) is 46.1 Å². The molecule has 5 heteroatoms. The number of amides is 1. The third-order valence-corrected chi connectivity index (χ3v) is 12.0. The quantitative estimate of drug-likeness (QED) is 0.0465. The van der Waals surface area contributed by atoms with Crippen molar-refractivity contribution in [3.63, 3.8) is 0 Å². The number of carbonyl (C=O) groups excluding carboxylic acids is 1. The number of aliphatic hydroxyl groups is 3. The highest BCUT2D eigenvalue weighted by atomic mass is 16.3. The molecule has 4 N–H and O–H groups in total. The van der Waals surface area contributed by atoms with Gasteiger partial charge in [0.15, 0.2) is 0 Å². The smallest absolute Gasteiger partial charge is 0.249 e. The maximum atomic E-state index is 12.5. The van der Waals surface area contributed by atoms with Gasteiger partial charge in [0.05, 0.1) is 18.8 Å². The highest BCUT2D eigenvalue weighted by molar-refractivity contribution is 5.80. The minimum absolute atomic E-state index is 0.309. The molecule has 0 saturated carbocycles. The first kappa shape index (κ1) is 53.4. The lowest BCUT2D eigenvalue weighted by atomic mass is 10.0. The van der Waals surface area contributed by atoms with E-state index in [9.17, 15) is 20.1 Å². The van der Waals surface area contributed by atoms with Gasteiger partial charge in [-0.25, -0.2) is 0 Å². The van der Waals surface area contributed by atoms with Gasteiger partial charge < -0.3 is 20.6 Å². The third-order valence-electron chi connectivity index (χ3n) is 12.0. The lowest BCUT2D eigenvalue weighted by Gasteiger charge is -2.23. The summed E-state index contributed by atoms with van der Waals surface area (Å²) < 4.78 is 0. The maximum Gasteiger partial charge on any atom is 0.249 e. The van der Waals surface area contributed by atoms with Crippen LogP contribution in [0.3, 0.4) is 0 Å². The fraction of sp³-hybridized carbons (Fsp3) is 0.980. The van der Waals surface area contributed by atoms with Gasteiger partial charge in [-0.15, -0.1) is 0 Å². The van der Waals surface area contributed by atoms with Crippen molar-refractivity contribution >= 4 is 5.91 Å². The summed E-state index contributed by atoms with van der Waals surface area (Å²) in [5.41, 5.74) is 0. The van der Waals surface area contributed by atoms with E-state index in [1.54, 1.807) is 0 Å². The Morgan fingerprint density at radius 3 is 0.833 bits per heavy atom. The summed E-state index contributed by atoms with van der Waals surface area (Å²) in [6.45, 7) is 4.23. The average Bonchev–Trinajstić information content (AvgIpc) is 3.18. The van der Waals surface area contributed by atoms with Crippen LogP contribution in [0.25, 0.3) is 0 Å². The predicted molar refractivity (Wildman–Crippen MR) is 236 cm³/mol. The Morgan fingerprint density at radius 1 is 0.370 bits per heavy atom. The fourth-order valence-corrected chi connectivity index (χ4v) is 8.08. The van der Waals surface area contributed by atoms with E-state index in [2.05, 4.69) is 19.2 Å². The summed E-state index contributed by atoms with van der Waals surface area (Å²) in [5.74, 6) is -0.467. The molecule has 0 saturated heterocycles. The van der Waals surface area contributed by atoms with Crippen molar-refractivity contribution < 1.29 is 20.1 Å². The Balaban J connectivity index is 3.41. The fourth-order valence-electron chi connectivity index (χ4n) is 8.08. The highest BCUT2D eigenvalue weighted by Gasteiger charge is 2.23. The predicted octanol–water partition coefficient (Wildman–Crippen LogP) is 14.6. The van der Waals surface area contributed by atoms with Crippen LogP contribution in [0.2, 0.25) is 0 Å². The lowest BCUT2D eigenvalue weighted by Crippen LogP contribution is -2.49. The molecule has 0 bridgehead atoms. The molecule has 0 radical (unpaired) electrons. The standard InChI is InChI=1S/C49H99NO4/c1-3-5-7-9-11-13-14-15-16-17-18-19-20-21-22-23-24-25-26-27-28-29-30-31-32-33-34-36-38-40-42-44-48(53)49(54)50-46(45-51)47(52)43-41-39-37-35-12-10-8-6-4-2/h46-48,51-53H,3-45H2,1-2H3,(H,50,54). The molecular formula is C49H99NO4. The van der Waals surface area contributed by atoms with E-state index in [0.717, 1.165) is 32.1 Å². The molecule has 0 heterocycles. The summed E-state index contributed by atoms with van der Waals surface area (Å²) in [4.78, 5) is 12.5. The summed E-state index contributed by atoms with van der Waals surface area (Å²) >= 11 is 0. The molecule has 0 rings (SSSR count). The SMILES string of the molecule is CCCCCCCCCCCCCCCCCCCCCCCCCCCCCCCCCC(O)C(=O)NC(CO)C(O)CCCCCCCCCCC. The first-order valence-electron chi connectivity index (χ1n) is 24.8. The zero-order chi connectivity index (χ0) is 39.4. The van der Waals surface area contributed by atoms with Crippen LogP contribution < -0.4 is 5.32 Å². The highest BCUT2D eigenvalue weighted by Crippen LogP contribution is 2.18. The van der Waals surface area contributed by atoms with E-state index in [4.69, 9.17) is 0 Å². The molecular weight excluding hydrogens is 667 g/mol.